The Labute approximate surface area is 186 Å². The van der Waals surface area contributed by atoms with Crippen LogP contribution in [0.4, 0.5) is 5.82 Å². The number of rotatable bonds is 5. The summed E-state index contributed by atoms with van der Waals surface area (Å²) < 4.78 is 1.94. The number of hydrogen-bond acceptors (Lipinski definition) is 5. The summed E-state index contributed by atoms with van der Waals surface area (Å²) >= 11 is 0. The van der Waals surface area contributed by atoms with Gasteiger partial charge in [-0.15, -0.1) is 0 Å². The first kappa shape index (κ1) is 20.2. The molecule has 2 unspecified atom stereocenters. The normalized spacial score (nSPS) is 19.8. The third-order valence-electron chi connectivity index (χ3n) is 6.33. The molecule has 1 saturated carbocycles. The summed E-state index contributed by atoms with van der Waals surface area (Å²) in [7, 11) is 1.93. The van der Waals surface area contributed by atoms with Crippen LogP contribution in [0.5, 0.6) is 0 Å². The second-order valence-electron chi connectivity index (χ2n) is 8.56. The molecule has 8 nitrogen and oxygen atoms in total. The predicted molar refractivity (Wildman–Crippen MR) is 123 cm³/mol. The number of nitrogens with zero attached hydrogens (tertiary/aromatic N) is 4. The van der Waals surface area contributed by atoms with E-state index < -0.39 is 0 Å². The van der Waals surface area contributed by atoms with E-state index in [1.54, 1.807) is 0 Å². The molecule has 2 fully saturated rings. The van der Waals surface area contributed by atoms with Crippen LogP contribution in [-0.4, -0.2) is 50.4 Å². The second kappa shape index (κ2) is 7.78. The molecule has 2 atom stereocenters. The van der Waals surface area contributed by atoms with E-state index in [4.69, 9.17) is 10.7 Å². The Morgan fingerprint density at radius 1 is 1.19 bits per heavy atom. The van der Waals surface area contributed by atoms with Crippen molar-refractivity contribution in [3.05, 3.63) is 54.5 Å². The third-order valence-corrected chi connectivity index (χ3v) is 6.33. The monoisotopic (exact) mass is 430 g/mol. The van der Waals surface area contributed by atoms with Crippen LogP contribution in [0.3, 0.4) is 0 Å². The molecule has 1 saturated heterocycles. The Morgan fingerprint density at radius 3 is 2.59 bits per heavy atom. The van der Waals surface area contributed by atoms with E-state index >= 15 is 0 Å². The quantitative estimate of drug-likeness (QED) is 0.605. The van der Waals surface area contributed by atoms with Crippen molar-refractivity contribution in [2.24, 2.45) is 7.05 Å². The molecular weight excluding hydrogens is 404 g/mol. The zero-order valence-electron chi connectivity index (χ0n) is 18.0. The number of amides is 2. The van der Waals surface area contributed by atoms with Gasteiger partial charge in [0.05, 0.1) is 5.39 Å². The summed E-state index contributed by atoms with van der Waals surface area (Å²) in [6, 6.07) is 7.66. The van der Waals surface area contributed by atoms with Gasteiger partial charge >= 0.3 is 0 Å². The number of nitrogen functional groups attached to an aromatic ring is 1. The summed E-state index contributed by atoms with van der Waals surface area (Å²) in [6.45, 7) is 5.15. The van der Waals surface area contributed by atoms with Crippen molar-refractivity contribution in [1.82, 2.24) is 24.8 Å². The summed E-state index contributed by atoms with van der Waals surface area (Å²) in [5.74, 6) is 1.00. The number of nitrogens with two attached hydrogens (primary N) is 1. The van der Waals surface area contributed by atoms with E-state index in [2.05, 4.69) is 16.9 Å². The Hall–Kier alpha value is -3.68. The molecule has 0 spiro atoms. The fraction of sp³-hybridized carbons (Fsp3) is 0.333. The lowest BCUT2D eigenvalue weighted by atomic mass is 10.0. The van der Waals surface area contributed by atoms with Crippen molar-refractivity contribution in [2.45, 2.75) is 31.2 Å². The van der Waals surface area contributed by atoms with E-state index in [-0.39, 0.29) is 23.8 Å². The van der Waals surface area contributed by atoms with Gasteiger partial charge in [-0.25, -0.2) is 9.97 Å². The minimum atomic E-state index is -0.195. The Bertz CT molecular complexity index is 1220. The van der Waals surface area contributed by atoms with Crippen molar-refractivity contribution >= 4 is 28.7 Å². The minimum absolute atomic E-state index is 0.0118. The van der Waals surface area contributed by atoms with Gasteiger partial charge in [-0.05, 0) is 43.0 Å². The number of anilines is 1. The van der Waals surface area contributed by atoms with Crippen molar-refractivity contribution < 1.29 is 9.59 Å². The molecule has 32 heavy (non-hydrogen) atoms. The van der Waals surface area contributed by atoms with Gasteiger partial charge in [0.1, 0.15) is 17.3 Å². The standard InChI is InChI=1S/C24H26N6O2/c1-3-19(31)26-18-12-16(18)22-27-21(25)20-17(13-29(2)23(20)28-22)14-6-8-15(9-7-14)24(32)30-10-4-5-11-30/h3,6-9,13,16,18H,1,4-5,10-12H2,2H3,(H,26,31)(H2,25,27,28). The SMILES string of the molecule is C=CC(=O)NC1CC1c1nc(N)c2c(-c3ccc(C(=O)N4CCCC4)cc3)cn(C)c2n1. The lowest BCUT2D eigenvalue weighted by molar-refractivity contribution is -0.116. The number of carbonyl (C=O) groups excluding carboxylic acids is 2. The van der Waals surface area contributed by atoms with Crippen LogP contribution in [0.2, 0.25) is 0 Å². The molecule has 164 valence electrons. The topological polar surface area (TPSA) is 106 Å². The van der Waals surface area contributed by atoms with E-state index in [0.717, 1.165) is 54.5 Å². The molecule has 5 rings (SSSR count). The average Bonchev–Trinajstić information content (AvgIpc) is 3.19. The molecule has 1 aromatic carbocycles. The van der Waals surface area contributed by atoms with Crippen molar-refractivity contribution in [3.8, 4) is 11.1 Å². The number of fused-ring (bicyclic) bond motifs is 1. The van der Waals surface area contributed by atoms with Crippen LogP contribution < -0.4 is 11.1 Å². The fourth-order valence-corrected chi connectivity index (χ4v) is 4.48. The molecule has 2 aromatic heterocycles. The first-order valence-corrected chi connectivity index (χ1v) is 10.9. The molecule has 3 N–H and O–H groups in total. The van der Waals surface area contributed by atoms with Gasteiger partial charge in [-0.2, -0.15) is 0 Å². The van der Waals surface area contributed by atoms with Crippen LogP contribution in [0.25, 0.3) is 22.2 Å². The van der Waals surface area contributed by atoms with Gasteiger partial charge < -0.3 is 20.5 Å². The zero-order valence-corrected chi connectivity index (χ0v) is 18.0. The van der Waals surface area contributed by atoms with Crippen LogP contribution in [0.15, 0.2) is 43.1 Å². The average molecular weight is 431 g/mol. The van der Waals surface area contributed by atoms with E-state index in [0.29, 0.717) is 17.2 Å². The molecule has 1 aliphatic heterocycles. The van der Waals surface area contributed by atoms with Crippen LogP contribution in [0.1, 0.15) is 41.4 Å². The maximum atomic E-state index is 12.6. The number of aromatic nitrogens is 3. The smallest absolute Gasteiger partial charge is 0.253 e. The van der Waals surface area contributed by atoms with Gasteiger partial charge in [-0.1, -0.05) is 18.7 Å². The zero-order chi connectivity index (χ0) is 22.4. The number of hydrogen-bond donors (Lipinski definition) is 2. The predicted octanol–water partition coefficient (Wildman–Crippen LogP) is 2.61. The largest absolute Gasteiger partial charge is 0.383 e. The van der Waals surface area contributed by atoms with E-state index in [1.807, 2.05) is 47.0 Å². The van der Waals surface area contributed by atoms with Gasteiger partial charge in [0, 0.05) is 49.4 Å². The molecular formula is C24H26N6O2. The van der Waals surface area contributed by atoms with Crippen molar-refractivity contribution in [1.29, 1.82) is 0 Å². The Kier molecular flexibility index (Phi) is 4.92. The summed E-state index contributed by atoms with van der Waals surface area (Å²) in [4.78, 5) is 35.4. The number of nitrogens with one attached hydrogen (secondary N) is 1. The summed E-state index contributed by atoms with van der Waals surface area (Å²) in [6.07, 6.45) is 6.18. The van der Waals surface area contributed by atoms with Crippen LogP contribution in [-0.2, 0) is 11.8 Å². The highest BCUT2D eigenvalue weighted by atomic mass is 16.2. The molecule has 2 amide bonds. The third kappa shape index (κ3) is 3.51. The van der Waals surface area contributed by atoms with Gasteiger partial charge in [0.2, 0.25) is 5.91 Å². The molecule has 2 aliphatic rings. The van der Waals surface area contributed by atoms with Gasteiger partial charge in [-0.3, -0.25) is 9.59 Å². The maximum absolute atomic E-state index is 12.6. The number of benzene rings is 1. The first-order valence-electron chi connectivity index (χ1n) is 10.9. The highest BCUT2D eigenvalue weighted by Crippen LogP contribution is 2.41. The minimum Gasteiger partial charge on any atom is -0.383 e. The summed E-state index contributed by atoms with van der Waals surface area (Å²) in [5, 5.41) is 3.68. The molecule has 3 heterocycles. The maximum Gasteiger partial charge on any atom is 0.253 e. The van der Waals surface area contributed by atoms with Crippen LogP contribution in [0, 0.1) is 0 Å². The lowest BCUT2D eigenvalue weighted by Gasteiger charge is -2.15. The second-order valence-corrected chi connectivity index (χ2v) is 8.56. The number of carbonyl (C=O) groups is 2. The lowest BCUT2D eigenvalue weighted by Crippen LogP contribution is -2.27. The fourth-order valence-electron chi connectivity index (χ4n) is 4.48. The summed E-state index contributed by atoms with van der Waals surface area (Å²) in [5.41, 5.74) is 9.71. The van der Waals surface area contributed by atoms with Crippen molar-refractivity contribution in [2.75, 3.05) is 18.8 Å². The van der Waals surface area contributed by atoms with E-state index in [9.17, 15) is 9.59 Å². The van der Waals surface area contributed by atoms with Gasteiger partial charge in [0.25, 0.3) is 5.91 Å². The first-order chi connectivity index (χ1) is 15.5. The van der Waals surface area contributed by atoms with E-state index in [1.165, 1.54) is 6.08 Å². The molecule has 8 heteroatoms. The Balaban J connectivity index is 1.43. The Morgan fingerprint density at radius 2 is 1.91 bits per heavy atom. The highest BCUT2D eigenvalue weighted by molar-refractivity contribution is 6.01. The highest BCUT2D eigenvalue weighted by Gasteiger charge is 2.42. The number of aryl methyl sites for hydroxylation is 1. The molecule has 1 aliphatic carbocycles. The number of likely N-dealkylation sites (tertiary alicyclic amines) is 1. The van der Waals surface area contributed by atoms with Crippen molar-refractivity contribution in [3.63, 3.8) is 0 Å². The van der Waals surface area contributed by atoms with Gasteiger partial charge in [0.15, 0.2) is 0 Å². The molecule has 0 radical (unpaired) electrons. The van der Waals surface area contributed by atoms with Crippen LogP contribution >= 0.6 is 0 Å². The molecule has 0 bridgehead atoms. The molecule has 3 aromatic rings.